The SMILES string of the molecule is C=C(C)C(=O)Nc1cc(NC(=O)CC2CCN(C(C)C)CC2)cnc1C. The minimum atomic E-state index is -0.254. The van der Waals surface area contributed by atoms with Gasteiger partial charge in [-0.05, 0) is 65.6 Å². The lowest BCUT2D eigenvalue weighted by molar-refractivity contribution is -0.117. The minimum Gasteiger partial charge on any atom is -0.325 e. The molecule has 6 heteroatoms. The Morgan fingerprint density at radius 2 is 1.96 bits per heavy atom. The van der Waals surface area contributed by atoms with Crippen LogP contribution in [0.3, 0.4) is 0 Å². The number of nitrogens with one attached hydrogen (secondary N) is 2. The molecule has 1 aromatic rings. The molecule has 2 N–H and O–H groups in total. The van der Waals surface area contributed by atoms with E-state index in [9.17, 15) is 9.59 Å². The number of aryl methyl sites for hydroxylation is 1. The van der Waals surface area contributed by atoms with Crippen LogP contribution >= 0.6 is 0 Å². The van der Waals surface area contributed by atoms with Crippen LogP contribution in [-0.4, -0.2) is 40.8 Å². The van der Waals surface area contributed by atoms with Gasteiger partial charge in [-0.25, -0.2) is 0 Å². The molecule has 2 rings (SSSR count). The maximum Gasteiger partial charge on any atom is 0.250 e. The molecule has 1 fully saturated rings. The van der Waals surface area contributed by atoms with Gasteiger partial charge in [-0.1, -0.05) is 6.58 Å². The third-order valence-electron chi connectivity index (χ3n) is 4.86. The normalized spacial score (nSPS) is 15.7. The van der Waals surface area contributed by atoms with Crippen LogP contribution in [0.2, 0.25) is 0 Å². The van der Waals surface area contributed by atoms with E-state index >= 15 is 0 Å². The van der Waals surface area contributed by atoms with Crippen molar-refractivity contribution in [1.29, 1.82) is 0 Å². The fourth-order valence-corrected chi connectivity index (χ4v) is 3.10. The van der Waals surface area contributed by atoms with Gasteiger partial charge in [0.05, 0.1) is 23.3 Å². The topological polar surface area (TPSA) is 74.3 Å². The van der Waals surface area contributed by atoms with E-state index in [0.29, 0.717) is 41.0 Å². The highest BCUT2D eigenvalue weighted by Crippen LogP contribution is 2.23. The Balaban J connectivity index is 1.91. The molecule has 1 saturated heterocycles. The highest BCUT2D eigenvalue weighted by Gasteiger charge is 2.22. The van der Waals surface area contributed by atoms with Gasteiger partial charge in [0, 0.05) is 18.0 Å². The highest BCUT2D eigenvalue weighted by atomic mass is 16.2. The summed E-state index contributed by atoms with van der Waals surface area (Å²) in [6, 6.07) is 2.30. The van der Waals surface area contributed by atoms with Crippen molar-refractivity contribution in [1.82, 2.24) is 9.88 Å². The van der Waals surface area contributed by atoms with Gasteiger partial charge in [0.25, 0.3) is 5.91 Å². The summed E-state index contributed by atoms with van der Waals surface area (Å²) in [6.07, 6.45) is 4.24. The minimum absolute atomic E-state index is 0.00386. The number of amides is 2. The average Bonchev–Trinajstić information content (AvgIpc) is 2.58. The number of pyridine rings is 1. The fourth-order valence-electron chi connectivity index (χ4n) is 3.10. The molecule has 1 aromatic heterocycles. The van der Waals surface area contributed by atoms with Gasteiger partial charge in [-0.3, -0.25) is 14.6 Å². The van der Waals surface area contributed by atoms with Crippen molar-refractivity contribution in [2.45, 2.75) is 53.0 Å². The monoisotopic (exact) mass is 358 g/mol. The number of rotatable bonds is 6. The van der Waals surface area contributed by atoms with Gasteiger partial charge < -0.3 is 15.5 Å². The van der Waals surface area contributed by atoms with Gasteiger partial charge in [0.1, 0.15) is 0 Å². The summed E-state index contributed by atoms with van der Waals surface area (Å²) in [5.41, 5.74) is 2.29. The molecule has 0 atom stereocenters. The number of hydrogen-bond donors (Lipinski definition) is 2. The molecule has 0 bridgehead atoms. The number of carbonyl (C=O) groups is 2. The van der Waals surface area contributed by atoms with Crippen LogP contribution in [0.4, 0.5) is 11.4 Å². The quantitative estimate of drug-likeness (QED) is 0.765. The first-order valence-corrected chi connectivity index (χ1v) is 9.23. The van der Waals surface area contributed by atoms with E-state index in [-0.39, 0.29) is 11.8 Å². The smallest absolute Gasteiger partial charge is 0.250 e. The lowest BCUT2D eigenvalue weighted by atomic mass is 9.92. The van der Waals surface area contributed by atoms with Crippen molar-refractivity contribution in [3.05, 3.63) is 30.1 Å². The molecule has 1 aliphatic heterocycles. The van der Waals surface area contributed by atoms with Crippen LogP contribution in [0.25, 0.3) is 0 Å². The number of likely N-dealkylation sites (tertiary alicyclic amines) is 1. The highest BCUT2D eigenvalue weighted by molar-refractivity contribution is 6.03. The summed E-state index contributed by atoms with van der Waals surface area (Å²) in [5, 5.41) is 5.67. The Morgan fingerprint density at radius 3 is 2.54 bits per heavy atom. The number of hydrogen-bond acceptors (Lipinski definition) is 4. The van der Waals surface area contributed by atoms with Crippen molar-refractivity contribution < 1.29 is 9.59 Å². The molecule has 1 aliphatic rings. The van der Waals surface area contributed by atoms with E-state index in [2.05, 4.69) is 40.9 Å². The zero-order valence-electron chi connectivity index (χ0n) is 16.3. The molecule has 6 nitrogen and oxygen atoms in total. The van der Waals surface area contributed by atoms with Gasteiger partial charge in [-0.15, -0.1) is 0 Å². The van der Waals surface area contributed by atoms with Crippen LogP contribution in [-0.2, 0) is 9.59 Å². The molecule has 142 valence electrons. The summed E-state index contributed by atoms with van der Waals surface area (Å²) in [6.45, 7) is 13.6. The molecular formula is C20H30N4O2. The second kappa shape index (κ2) is 8.94. The number of nitrogens with zero attached hydrogens (tertiary/aromatic N) is 2. The van der Waals surface area contributed by atoms with E-state index in [0.717, 1.165) is 25.9 Å². The van der Waals surface area contributed by atoms with Crippen LogP contribution in [0.1, 0.15) is 45.7 Å². The zero-order chi connectivity index (χ0) is 19.3. The Morgan fingerprint density at radius 1 is 1.31 bits per heavy atom. The van der Waals surface area contributed by atoms with E-state index in [1.54, 1.807) is 19.2 Å². The van der Waals surface area contributed by atoms with Crippen LogP contribution < -0.4 is 10.6 Å². The van der Waals surface area contributed by atoms with E-state index in [4.69, 9.17) is 0 Å². The molecule has 2 heterocycles. The average molecular weight is 358 g/mol. The van der Waals surface area contributed by atoms with Gasteiger partial charge in [-0.2, -0.15) is 0 Å². The van der Waals surface area contributed by atoms with Crippen molar-refractivity contribution in [2.75, 3.05) is 23.7 Å². The summed E-state index contributed by atoms with van der Waals surface area (Å²) < 4.78 is 0. The summed E-state index contributed by atoms with van der Waals surface area (Å²) in [7, 11) is 0. The van der Waals surface area contributed by atoms with E-state index in [1.807, 2.05) is 6.92 Å². The summed E-state index contributed by atoms with van der Waals surface area (Å²) in [4.78, 5) is 30.9. The molecule has 2 amide bonds. The Hall–Kier alpha value is -2.21. The first-order chi connectivity index (χ1) is 12.3. The Bertz CT molecular complexity index is 676. The Kier molecular flexibility index (Phi) is 6.91. The lowest BCUT2D eigenvalue weighted by Gasteiger charge is -2.34. The number of carbonyl (C=O) groups excluding carboxylic acids is 2. The van der Waals surface area contributed by atoms with Gasteiger partial charge in [0.15, 0.2) is 0 Å². The second-order valence-corrected chi connectivity index (χ2v) is 7.42. The third kappa shape index (κ3) is 5.66. The van der Waals surface area contributed by atoms with Crippen molar-refractivity contribution >= 4 is 23.2 Å². The predicted molar refractivity (Wildman–Crippen MR) is 105 cm³/mol. The number of aromatic nitrogens is 1. The first kappa shape index (κ1) is 20.1. The molecule has 0 radical (unpaired) electrons. The molecule has 0 spiro atoms. The van der Waals surface area contributed by atoms with Crippen LogP contribution in [0.15, 0.2) is 24.4 Å². The van der Waals surface area contributed by atoms with Crippen LogP contribution in [0.5, 0.6) is 0 Å². The molecule has 0 aromatic carbocycles. The maximum atomic E-state index is 12.4. The fraction of sp³-hybridized carbons (Fsp3) is 0.550. The first-order valence-electron chi connectivity index (χ1n) is 9.23. The zero-order valence-corrected chi connectivity index (χ0v) is 16.3. The molecule has 26 heavy (non-hydrogen) atoms. The third-order valence-corrected chi connectivity index (χ3v) is 4.86. The van der Waals surface area contributed by atoms with Gasteiger partial charge >= 0.3 is 0 Å². The van der Waals surface area contributed by atoms with E-state index in [1.165, 1.54) is 0 Å². The van der Waals surface area contributed by atoms with Crippen LogP contribution in [0, 0.1) is 12.8 Å². The lowest BCUT2D eigenvalue weighted by Crippen LogP contribution is -2.39. The van der Waals surface area contributed by atoms with Gasteiger partial charge in [0.2, 0.25) is 5.91 Å². The summed E-state index contributed by atoms with van der Waals surface area (Å²) in [5.74, 6) is 0.164. The molecule has 0 unspecified atom stereocenters. The van der Waals surface area contributed by atoms with Crippen molar-refractivity contribution in [2.24, 2.45) is 5.92 Å². The van der Waals surface area contributed by atoms with Crippen molar-refractivity contribution in [3.63, 3.8) is 0 Å². The number of piperidine rings is 1. The number of anilines is 2. The standard InChI is InChI=1S/C20H30N4O2/c1-13(2)20(26)23-18-11-17(12-21-15(18)5)22-19(25)10-16-6-8-24(9-7-16)14(3)4/h11-12,14,16H,1,6-10H2,2-5H3,(H,22,25)(H,23,26). The molecule has 0 aliphatic carbocycles. The summed E-state index contributed by atoms with van der Waals surface area (Å²) >= 11 is 0. The molecular weight excluding hydrogens is 328 g/mol. The predicted octanol–water partition coefficient (Wildman–Crippen LogP) is 3.35. The largest absolute Gasteiger partial charge is 0.325 e. The van der Waals surface area contributed by atoms with Crippen molar-refractivity contribution in [3.8, 4) is 0 Å². The second-order valence-electron chi connectivity index (χ2n) is 7.42. The molecule has 0 saturated carbocycles. The Labute approximate surface area is 156 Å². The maximum absolute atomic E-state index is 12.4. The van der Waals surface area contributed by atoms with E-state index < -0.39 is 0 Å².